The molecule has 0 spiro atoms. The third-order valence-electron chi connectivity index (χ3n) is 5.14. The fourth-order valence-corrected chi connectivity index (χ4v) is 3.99. The first-order valence-electron chi connectivity index (χ1n) is 9.95. The van der Waals surface area contributed by atoms with Gasteiger partial charge < -0.3 is 20.3 Å². The van der Waals surface area contributed by atoms with Gasteiger partial charge in [-0.25, -0.2) is 10.2 Å². The number of hydrogen-bond donors (Lipinski definition) is 3. The second-order valence-corrected chi connectivity index (χ2v) is 7.45. The van der Waals surface area contributed by atoms with Gasteiger partial charge in [0, 0.05) is 24.5 Å². The minimum Gasteiger partial charge on any atom is -0.466 e. The average molecular weight is 450 g/mol. The number of ether oxygens (including phenoxy) is 2. The number of benzene rings is 1. The number of rotatable bonds is 7. The van der Waals surface area contributed by atoms with E-state index < -0.39 is 46.2 Å². The van der Waals surface area contributed by atoms with Crippen LogP contribution in [0, 0.1) is 22.0 Å². The highest BCUT2D eigenvalue weighted by Gasteiger charge is 2.56. The molecule has 12 heteroatoms. The minimum atomic E-state index is -1.78. The summed E-state index contributed by atoms with van der Waals surface area (Å²) in [6, 6.07) is 4.37. The van der Waals surface area contributed by atoms with Crippen molar-refractivity contribution in [1.82, 2.24) is 5.43 Å². The molecule has 4 unspecified atom stereocenters. The minimum absolute atomic E-state index is 0.00399. The van der Waals surface area contributed by atoms with E-state index in [1.165, 1.54) is 31.2 Å². The molecule has 1 saturated carbocycles. The highest BCUT2D eigenvalue weighted by molar-refractivity contribution is 6.06. The van der Waals surface area contributed by atoms with Crippen molar-refractivity contribution >= 4 is 29.4 Å². The van der Waals surface area contributed by atoms with Crippen LogP contribution < -0.4 is 11.2 Å². The lowest BCUT2D eigenvalue weighted by atomic mass is 9.61. The molecule has 2 amide bonds. The smallest absolute Gasteiger partial charge is 0.332 e. The van der Waals surface area contributed by atoms with E-state index in [1.54, 1.807) is 13.8 Å². The second-order valence-electron chi connectivity index (χ2n) is 7.45. The number of aliphatic hydroxyl groups is 1. The molecule has 2 rings (SSSR count). The summed E-state index contributed by atoms with van der Waals surface area (Å²) in [5.74, 6) is -5.24. The fourth-order valence-electron chi connectivity index (χ4n) is 3.99. The molecule has 0 heterocycles. The molecule has 1 fully saturated rings. The summed E-state index contributed by atoms with van der Waals surface area (Å²) in [6.07, 6.45) is -0.286. The third-order valence-corrected chi connectivity index (χ3v) is 5.14. The lowest BCUT2D eigenvalue weighted by molar-refractivity contribution is -0.385. The maximum absolute atomic E-state index is 13.0. The molecule has 1 aliphatic carbocycles. The number of carbonyl (C=O) groups is 3. The number of nitro benzene ring substituents is 1. The van der Waals surface area contributed by atoms with Gasteiger partial charge in [-0.15, -0.1) is 0 Å². The first-order valence-corrected chi connectivity index (χ1v) is 9.95. The summed E-state index contributed by atoms with van der Waals surface area (Å²) in [5.41, 5.74) is 5.30. The van der Waals surface area contributed by atoms with Gasteiger partial charge in [-0.2, -0.15) is 5.10 Å². The van der Waals surface area contributed by atoms with Crippen LogP contribution in [0.4, 0.5) is 10.5 Å². The number of nitrogens with one attached hydrogen (secondary N) is 1. The number of non-ortho nitro benzene ring substituents is 1. The van der Waals surface area contributed by atoms with Crippen molar-refractivity contribution in [2.24, 2.45) is 22.7 Å². The number of nitrogens with two attached hydrogens (primary N) is 1. The predicted octanol–water partition coefficient (Wildman–Crippen LogP) is 1.22. The Morgan fingerprint density at radius 1 is 1.28 bits per heavy atom. The second kappa shape index (κ2) is 10.2. The monoisotopic (exact) mass is 450 g/mol. The van der Waals surface area contributed by atoms with Crippen LogP contribution in [-0.4, -0.2) is 52.5 Å². The Labute approximate surface area is 183 Å². The number of nitro groups is 1. The van der Waals surface area contributed by atoms with Crippen LogP contribution in [0.5, 0.6) is 0 Å². The molecule has 1 aliphatic rings. The van der Waals surface area contributed by atoms with Gasteiger partial charge in [0.05, 0.1) is 35.4 Å². The summed E-state index contributed by atoms with van der Waals surface area (Å²) in [5, 5.41) is 26.4. The van der Waals surface area contributed by atoms with Crippen molar-refractivity contribution in [2.45, 2.75) is 38.7 Å². The largest absolute Gasteiger partial charge is 0.466 e. The number of hydrogen-bond acceptors (Lipinski definition) is 9. The lowest BCUT2D eigenvalue weighted by Crippen LogP contribution is -2.55. The Bertz CT molecular complexity index is 930. The molecule has 32 heavy (non-hydrogen) atoms. The van der Waals surface area contributed by atoms with Crippen molar-refractivity contribution in [3.05, 3.63) is 39.9 Å². The van der Waals surface area contributed by atoms with Gasteiger partial charge in [0.2, 0.25) is 0 Å². The zero-order chi connectivity index (χ0) is 24.1. The van der Waals surface area contributed by atoms with Crippen molar-refractivity contribution in [1.29, 1.82) is 0 Å². The number of amides is 2. The highest BCUT2D eigenvalue weighted by atomic mass is 16.6. The SMILES string of the molecule is CCOC(=O)C1C(=NNC(N)=O)CC(C)(O)C(C(=O)OCC)C1c1cccc([N+](=O)[O-])c1. The summed E-state index contributed by atoms with van der Waals surface area (Å²) in [4.78, 5) is 47.8. The summed E-state index contributed by atoms with van der Waals surface area (Å²) in [6.45, 7) is 4.56. The van der Waals surface area contributed by atoms with Crippen LogP contribution in [0.3, 0.4) is 0 Å². The van der Waals surface area contributed by atoms with Gasteiger partial charge in [0.15, 0.2) is 0 Å². The molecule has 0 aromatic heterocycles. The molecular formula is C20H26N4O8. The van der Waals surface area contributed by atoms with Crippen molar-refractivity contribution in [2.75, 3.05) is 13.2 Å². The quantitative estimate of drug-likeness (QED) is 0.314. The lowest BCUT2D eigenvalue weighted by Gasteiger charge is -2.45. The maximum atomic E-state index is 13.0. The van der Waals surface area contributed by atoms with E-state index in [9.17, 15) is 29.6 Å². The van der Waals surface area contributed by atoms with E-state index >= 15 is 0 Å². The normalized spacial score (nSPS) is 26.2. The number of urea groups is 1. The molecule has 0 saturated heterocycles. The molecular weight excluding hydrogens is 424 g/mol. The van der Waals surface area contributed by atoms with Gasteiger partial charge >= 0.3 is 18.0 Å². The highest BCUT2D eigenvalue weighted by Crippen LogP contribution is 2.47. The van der Waals surface area contributed by atoms with Gasteiger partial charge in [0.1, 0.15) is 5.92 Å². The van der Waals surface area contributed by atoms with Gasteiger partial charge in [-0.05, 0) is 26.3 Å². The Balaban J connectivity index is 2.77. The average Bonchev–Trinajstić information content (AvgIpc) is 2.71. The first kappa shape index (κ1) is 24.7. The van der Waals surface area contributed by atoms with Gasteiger partial charge in [0.25, 0.3) is 5.69 Å². The Morgan fingerprint density at radius 3 is 2.47 bits per heavy atom. The van der Waals surface area contributed by atoms with Crippen LogP contribution in [0.25, 0.3) is 0 Å². The van der Waals surface area contributed by atoms with E-state index in [-0.39, 0.29) is 36.6 Å². The first-order chi connectivity index (χ1) is 15.0. The molecule has 1 aromatic rings. The van der Waals surface area contributed by atoms with E-state index in [1.807, 2.05) is 5.43 Å². The number of nitrogens with zero attached hydrogens (tertiary/aromatic N) is 2. The van der Waals surface area contributed by atoms with E-state index in [2.05, 4.69) is 5.10 Å². The van der Waals surface area contributed by atoms with Crippen LogP contribution in [0.1, 0.15) is 38.7 Å². The Kier molecular flexibility index (Phi) is 7.87. The van der Waals surface area contributed by atoms with Gasteiger partial charge in [-0.1, -0.05) is 12.1 Å². The van der Waals surface area contributed by atoms with Crippen molar-refractivity contribution in [3.63, 3.8) is 0 Å². The predicted molar refractivity (Wildman–Crippen MR) is 111 cm³/mol. The zero-order valence-corrected chi connectivity index (χ0v) is 17.9. The van der Waals surface area contributed by atoms with Crippen LogP contribution in [0.15, 0.2) is 29.4 Å². The summed E-state index contributed by atoms with van der Waals surface area (Å²) < 4.78 is 10.3. The Hall–Kier alpha value is -3.54. The molecule has 1 aromatic carbocycles. The molecule has 4 atom stereocenters. The topological polar surface area (TPSA) is 183 Å². The molecule has 174 valence electrons. The van der Waals surface area contributed by atoms with E-state index in [4.69, 9.17) is 15.2 Å². The van der Waals surface area contributed by atoms with Crippen molar-refractivity contribution in [3.8, 4) is 0 Å². The fraction of sp³-hybridized carbons (Fsp3) is 0.500. The number of carbonyl (C=O) groups excluding carboxylic acids is 3. The van der Waals surface area contributed by atoms with E-state index in [0.717, 1.165) is 0 Å². The van der Waals surface area contributed by atoms with Crippen LogP contribution in [0.2, 0.25) is 0 Å². The van der Waals surface area contributed by atoms with Gasteiger partial charge in [-0.3, -0.25) is 19.7 Å². The molecule has 0 aliphatic heterocycles. The summed E-state index contributed by atoms with van der Waals surface area (Å²) in [7, 11) is 0. The molecule has 4 N–H and O–H groups in total. The molecule has 0 bridgehead atoms. The Morgan fingerprint density at radius 2 is 1.91 bits per heavy atom. The number of primary amides is 1. The van der Waals surface area contributed by atoms with Crippen molar-refractivity contribution < 1.29 is 33.9 Å². The number of esters is 2. The van der Waals surface area contributed by atoms with E-state index in [0.29, 0.717) is 0 Å². The summed E-state index contributed by atoms with van der Waals surface area (Å²) >= 11 is 0. The maximum Gasteiger partial charge on any atom is 0.332 e. The third kappa shape index (κ3) is 5.38. The number of hydrazone groups is 1. The standard InChI is InChI=1S/C20H26N4O8/c1-4-31-17(25)15-13(22-23-19(21)27)10-20(3,28)16(18(26)32-5-2)14(15)11-7-6-8-12(9-11)24(29)30/h6-9,14-16,28H,4-5,10H2,1-3H3,(H3,21,23,27). The van der Waals surface area contributed by atoms with Crippen LogP contribution >= 0.6 is 0 Å². The molecule has 12 nitrogen and oxygen atoms in total. The molecule has 0 radical (unpaired) electrons. The zero-order valence-electron chi connectivity index (χ0n) is 17.9. The van der Waals surface area contributed by atoms with Crippen LogP contribution in [-0.2, 0) is 19.1 Å².